The van der Waals surface area contributed by atoms with Gasteiger partial charge in [-0.15, -0.1) is 11.3 Å². The number of benzene rings is 1. The lowest BCUT2D eigenvalue weighted by Gasteiger charge is -2.16. The number of carbonyl (C=O) groups excluding carboxylic acids is 2. The lowest BCUT2D eigenvalue weighted by molar-refractivity contribution is -0.117. The second-order valence-corrected chi connectivity index (χ2v) is 6.41. The summed E-state index contributed by atoms with van der Waals surface area (Å²) < 4.78 is 0. The van der Waals surface area contributed by atoms with Crippen molar-refractivity contribution in [3.05, 3.63) is 51.7 Å². The molecular weight excluding hydrogens is 296 g/mol. The van der Waals surface area contributed by atoms with E-state index in [-0.39, 0.29) is 11.8 Å². The Morgan fingerprint density at radius 3 is 2.91 bits per heavy atom. The van der Waals surface area contributed by atoms with E-state index in [9.17, 15) is 9.59 Å². The Morgan fingerprint density at radius 1 is 1.36 bits per heavy atom. The highest BCUT2D eigenvalue weighted by Crippen LogP contribution is 2.22. The fourth-order valence-corrected chi connectivity index (χ4v) is 3.43. The van der Waals surface area contributed by atoms with Gasteiger partial charge in [0.25, 0.3) is 5.91 Å². The molecule has 2 amide bonds. The van der Waals surface area contributed by atoms with Crippen LogP contribution in [-0.2, 0) is 11.3 Å². The van der Waals surface area contributed by atoms with Gasteiger partial charge in [-0.3, -0.25) is 9.59 Å². The number of aryl methyl sites for hydroxylation is 1. The van der Waals surface area contributed by atoms with E-state index in [4.69, 9.17) is 0 Å². The molecule has 22 heavy (non-hydrogen) atoms. The Labute approximate surface area is 133 Å². The summed E-state index contributed by atoms with van der Waals surface area (Å²) >= 11 is 1.64. The first-order valence-electron chi connectivity index (χ1n) is 7.37. The van der Waals surface area contributed by atoms with Crippen molar-refractivity contribution in [2.45, 2.75) is 26.3 Å². The highest BCUT2D eigenvalue weighted by atomic mass is 32.1. The van der Waals surface area contributed by atoms with Crippen molar-refractivity contribution in [3.8, 4) is 0 Å². The van der Waals surface area contributed by atoms with E-state index in [2.05, 4.69) is 5.32 Å². The molecule has 5 heteroatoms. The third kappa shape index (κ3) is 3.04. The number of hydrogen-bond donors (Lipinski definition) is 1. The topological polar surface area (TPSA) is 49.4 Å². The maximum atomic E-state index is 12.3. The zero-order valence-corrected chi connectivity index (χ0v) is 13.3. The molecule has 0 spiro atoms. The second kappa shape index (κ2) is 6.32. The van der Waals surface area contributed by atoms with Crippen molar-refractivity contribution < 1.29 is 9.59 Å². The number of nitrogens with zero attached hydrogens (tertiary/aromatic N) is 1. The highest BCUT2D eigenvalue weighted by Gasteiger charge is 2.22. The summed E-state index contributed by atoms with van der Waals surface area (Å²) in [4.78, 5) is 27.0. The van der Waals surface area contributed by atoms with Gasteiger partial charge in [0.1, 0.15) is 0 Å². The first kappa shape index (κ1) is 14.8. The Hall–Kier alpha value is -2.14. The Bertz CT molecular complexity index is 708. The molecule has 0 bridgehead atoms. The van der Waals surface area contributed by atoms with E-state index in [1.54, 1.807) is 28.4 Å². The molecule has 2 heterocycles. The van der Waals surface area contributed by atoms with Crippen LogP contribution in [-0.4, -0.2) is 18.4 Å². The number of carbonyl (C=O) groups is 2. The smallest absolute Gasteiger partial charge is 0.251 e. The van der Waals surface area contributed by atoms with Crippen LogP contribution in [0.1, 0.15) is 33.6 Å². The zero-order valence-electron chi connectivity index (χ0n) is 12.5. The van der Waals surface area contributed by atoms with Gasteiger partial charge >= 0.3 is 0 Å². The fourth-order valence-electron chi connectivity index (χ4n) is 2.58. The molecule has 1 N–H and O–H groups in total. The van der Waals surface area contributed by atoms with Gasteiger partial charge in [-0.05, 0) is 48.6 Å². The van der Waals surface area contributed by atoms with Crippen LogP contribution in [0.5, 0.6) is 0 Å². The van der Waals surface area contributed by atoms with E-state index >= 15 is 0 Å². The summed E-state index contributed by atoms with van der Waals surface area (Å²) in [7, 11) is 0. The number of nitrogens with one attached hydrogen (secondary N) is 1. The number of hydrogen-bond acceptors (Lipinski definition) is 3. The van der Waals surface area contributed by atoms with Crippen molar-refractivity contribution in [1.29, 1.82) is 0 Å². The SMILES string of the molecule is Cc1ccsc1CNC(=O)c1cccc(N2CCCC2=O)c1. The quantitative estimate of drug-likeness (QED) is 0.942. The van der Waals surface area contributed by atoms with Crippen LogP contribution in [0.15, 0.2) is 35.7 Å². The zero-order chi connectivity index (χ0) is 15.5. The Morgan fingerprint density at radius 2 is 2.23 bits per heavy atom. The minimum absolute atomic E-state index is 0.110. The molecule has 1 aliphatic rings. The maximum absolute atomic E-state index is 12.3. The van der Waals surface area contributed by atoms with Crippen molar-refractivity contribution in [2.75, 3.05) is 11.4 Å². The molecule has 1 saturated heterocycles. The van der Waals surface area contributed by atoms with E-state index < -0.39 is 0 Å². The number of anilines is 1. The number of thiophene rings is 1. The maximum Gasteiger partial charge on any atom is 0.251 e. The molecule has 1 aliphatic heterocycles. The molecule has 0 atom stereocenters. The van der Waals surface area contributed by atoms with Gasteiger partial charge in [0, 0.05) is 29.1 Å². The van der Waals surface area contributed by atoms with E-state index in [1.165, 1.54) is 10.4 Å². The molecule has 114 valence electrons. The van der Waals surface area contributed by atoms with Crippen molar-refractivity contribution >= 4 is 28.8 Å². The third-order valence-corrected chi connectivity index (χ3v) is 4.89. The van der Waals surface area contributed by atoms with Crippen LogP contribution < -0.4 is 10.2 Å². The summed E-state index contributed by atoms with van der Waals surface area (Å²) in [6.07, 6.45) is 1.47. The monoisotopic (exact) mass is 314 g/mol. The van der Waals surface area contributed by atoms with Gasteiger partial charge in [0.05, 0.1) is 6.54 Å². The lowest BCUT2D eigenvalue weighted by atomic mass is 10.1. The van der Waals surface area contributed by atoms with Crippen molar-refractivity contribution in [1.82, 2.24) is 5.32 Å². The summed E-state index contributed by atoms with van der Waals surface area (Å²) in [6.45, 7) is 3.31. The second-order valence-electron chi connectivity index (χ2n) is 5.41. The average Bonchev–Trinajstić information content (AvgIpc) is 3.13. The van der Waals surface area contributed by atoms with E-state index in [0.29, 0.717) is 18.5 Å². The van der Waals surface area contributed by atoms with Gasteiger partial charge in [-0.25, -0.2) is 0 Å². The summed E-state index contributed by atoms with van der Waals surface area (Å²) in [5, 5.41) is 4.96. The molecule has 1 fully saturated rings. The first-order valence-corrected chi connectivity index (χ1v) is 8.25. The van der Waals surface area contributed by atoms with Crippen LogP contribution in [0.25, 0.3) is 0 Å². The predicted molar refractivity (Wildman–Crippen MR) is 88.3 cm³/mol. The standard InChI is InChI=1S/C17H18N2O2S/c1-12-7-9-22-15(12)11-18-17(21)13-4-2-5-14(10-13)19-8-3-6-16(19)20/h2,4-5,7,9-10H,3,6,8,11H2,1H3,(H,18,21). The molecule has 3 rings (SSSR count). The fraction of sp³-hybridized carbons (Fsp3) is 0.294. The highest BCUT2D eigenvalue weighted by molar-refractivity contribution is 7.10. The molecule has 2 aromatic rings. The van der Waals surface area contributed by atoms with Gasteiger partial charge in [-0.1, -0.05) is 6.07 Å². The van der Waals surface area contributed by atoms with E-state index in [0.717, 1.165) is 18.7 Å². The van der Waals surface area contributed by atoms with Crippen LogP contribution >= 0.6 is 11.3 Å². The molecule has 1 aromatic heterocycles. The van der Waals surface area contributed by atoms with Crippen LogP contribution in [0.3, 0.4) is 0 Å². The molecule has 0 aliphatic carbocycles. The van der Waals surface area contributed by atoms with Gasteiger partial charge < -0.3 is 10.2 Å². The average molecular weight is 314 g/mol. The number of amides is 2. The summed E-state index contributed by atoms with van der Waals surface area (Å²) in [5.41, 5.74) is 2.59. The van der Waals surface area contributed by atoms with Crippen LogP contribution in [0.2, 0.25) is 0 Å². The molecule has 0 unspecified atom stereocenters. The van der Waals surface area contributed by atoms with Crippen molar-refractivity contribution in [2.24, 2.45) is 0 Å². The Balaban J connectivity index is 1.70. The molecule has 4 nitrogen and oxygen atoms in total. The molecule has 1 aromatic carbocycles. The van der Waals surface area contributed by atoms with Gasteiger partial charge in [-0.2, -0.15) is 0 Å². The normalized spacial score (nSPS) is 14.4. The molecule has 0 saturated carbocycles. The third-order valence-electron chi connectivity index (χ3n) is 3.87. The summed E-state index contributed by atoms with van der Waals surface area (Å²) in [6, 6.07) is 9.32. The first-order chi connectivity index (χ1) is 10.6. The molecular formula is C17H18N2O2S. The lowest BCUT2D eigenvalue weighted by Crippen LogP contribution is -2.25. The van der Waals surface area contributed by atoms with Gasteiger partial charge in [0.2, 0.25) is 5.91 Å². The van der Waals surface area contributed by atoms with Crippen LogP contribution in [0.4, 0.5) is 5.69 Å². The van der Waals surface area contributed by atoms with Crippen LogP contribution in [0, 0.1) is 6.92 Å². The predicted octanol–water partition coefficient (Wildman–Crippen LogP) is 3.11. The Kier molecular flexibility index (Phi) is 4.24. The number of rotatable bonds is 4. The molecule has 0 radical (unpaired) electrons. The summed E-state index contributed by atoms with van der Waals surface area (Å²) in [5.74, 6) is 0.0214. The van der Waals surface area contributed by atoms with Gasteiger partial charge in [0.15, 0.2) is 0 Å². The van der Waals surface area contributed by atoms with Crippen molar-refractivity contribution in [3.63, 3.8) is 0 Å². The van der Waals surface area contributed by atoms with E-state index in [1.807, 2.05) is 30.5 Å². The minimum Gasteiger partial charge on any atom is -0.347 e. The largest absolute Gasteiger partial charge is 0.347 e. The minimum atomic E-state index is -0.110.